The van der Waals surface area contributed by atoms with Crippen molar-refractivity contribution in [3.05, 3.63) is 34.9 Å². The third-order valence-corrected chi connectivity index (χ3v) is 3.12. The van der Waals surface area contributed by atoms with Crippen molar-refractivity contribution in [1.82, 2.24) is 0 Å². The molecule has 0 radical (unpaired) electrons. The third-order valence-electron chi connectivity index (χ3n) is 3.12. The summed E-state index contributed by atoms with van der Waals surface area (Å²) >= 11 is 0. The van der Waals surface area contributed by atoms with Crippen LogP contribution in [-0.4, -0.2) is 32.1 Å². The van der Waals surface area contributed by atoms with E-state index in [9.17, 15) is 14.4 Å². The first-order valence-corrected chi connectivity index (χ1v) is 6.58. The zero-order valence-corrected chi connectivity index (χ0v) is 13.3. The lowest BCUT2D eigenvalue weighted by atomic mass is 9.99. The first-order chi connectivity index (χ1) is 10.3. The van der Waals surface area contributed by atoms with Crippen molar-refractivity contribution < 1.29 is 23.9 Å². The van der Waals surface area contributed by atoms with Gasteiger partial charge in [0.15, 0.2) is 0 Å². The SMILES string of the molecule is COC(=O)C(C(=O)OC)=C(C)c1ccc(NC(C)=O)c(C)c1. The van der Waals surface area contributed by atoms with Crippen LogP contribution in [0.5, 0.6) is 0 Å². The summed E-state index contributed by atoms with van der Waals surface area (Å²) < 4.78 is 9.26. The van der Waals surface area contributed by atoms with Crippen molar-refractivity contribution in [1.29, 1.82) is 0 Å². The van der Waals surface area contributed by atoms with E-state index in [1.807, 2.05) is 6.92 Å². The topological polar surface area (TPSA) is 81.7 Å². The molecule has 0 bridgehead atoms. The van der Waals surface area contributed by atoms with Gasteiger partial charge < -0.3 is 14.8 Å². The molecular weight excluding hydrogens is 286 g/mol. The van der Waals surface area contributed by atoms with Crippen molar-refractivity contribution in [3.8, 4) is 0 Å². The number of amides is 1. The average Bonchev–Trinajstić information content (AvgIpc) is 2.48. The van der Waals surface area contributed by atoms with Gasteiger partial charge in [0.2, 0.25) is 5.91 Å². The van der Waals surface area contributed by atoms with Crippen LogP contribution >= 0.6 is 0 Å². The van der Waals surface area contributed by atoms with Crippen molar-refractivity contribution in [2.45, 2.75) is 20.8 Å². The first-order valence-electron chi connectivity index (χ1n) is 6.58. The minimum Gasteiger partial charge on any atom is -0.465 e. The number of esters is 2. The molecule has 22 heavy (non-hydrogen) atoms. The van der Waals surface area contributed by atoms with Gasteiger partial charge in [-0.05, 0) is 42.7 Å². The highest BCUT2D eigenvalue weighted by Crippen LogP contribution is 2.25. The number of rotatable bonds is 4. The summed E-state index contributed by atoms with van der Waals surface area (Å²) in [5.41, 5.74) is 2.42. The van der Waals surface area contributed by atoms with E-state index in [1.165, 1.54) is 21.1 Å². The zero-order chi connectivity index (χ0) is 16.9. The van der Waals surface area contributed by atoms with E-state index < -0.39 is 11.9 Å². The summed E-state index contributed by atoms with van der Waals surface area (Å²) in [5, 5.41) is 2.70. The molecule has 0 heterocycles. The molecule has 0 aliphatic rings. The highest BCUT2D eigenvalue weighted by molar-refractivity contribution is 6.19. The summed E-state index contributed by atoms with van der Waals surface area (Å²) in [5.74, 6) is -1.69. The predicted molar refractivity (Wildman–Crippen MR) is 82.1 cm³/mol. The molecule has 1 aromatic rings. The molecule has 0 unspecified atom stereocenters. The fourth-order valence-electron chi connectivity index (χ4n) is 1.96. The van der Waals surface area contributed by atoms with Gasteiger partial charge >= 0.3 is 11.9 Å². The maximum Gasteiger partial charge on any atom is 0.345 e. The van der Waals surface area contributed by atoms with E-state index >= 15 is 0 Å². The number of nitrogens with one attached hydrogen (secondary N) is 1. The molecule has 6 nitrogen and oxygen atoms in total. The Morgan fingerprint density at radius 2 is 1.55 bits per heavy atom. The summed E-state index contributed by atoms with van der Waals surface area (Å²) in [6.07, 6.45) is 0. The largest absolute Gasteiger partial charge is 0.465 e. The molecule has 1 amide bonds. The van der Waals surface area contributed by atoms with Crippen LogP contribution in [0, 0.1) is 6.92 Å². The third kappa shape index (κ3) is 3.94. The van der Waals surface area contributed by atoms with E-state index in [1.54, 1.807) is 25.1 Å². The van der Waals surface area contributed by atoms with Gasteiger partial charge in [0, 0.05) is 12.6 Å². The van der Waals surface area contributed by atoms with Crippen molar-refractivity contribution in [2.75, 3.05) is 19.5 Å². The van der Waals surface area contributed by atoms with Crippen LogP contribution in [0.15, 0.2) is 23.8 Å². The molecule has 0 spiro atoms. The Bertz CT molecular complexity index is 628. The van der Waals surface area contributed by atoms with Gasteiger partial charge in [0.1, 0.15) is 5.57 Å². The molecule has 0 aromatic heterocycles. The Morgan fingerprint density at radius 1 is 1.00 bits per heavy atom. The Morgan fingerprint density at radius 3 is 1.95 bits per heavy atom. The number of benzene rings is 1. The number of methoxy groups -OCH3 is 2. The van der Waals surface area contributed by atoms with Gasteiger partial charge in [-0.25, -0.2) is 9.59 Å². The van der Waals surface area contributed by atoms with Gasteiger partial charge in [0.25, 0.3) is 0 Å². The molecule has 0 atom stereocenters. The van der Waals surface area contributed by atoms with Gasteiger partial charge in [-0.15, -0.1) is 0 Å². The van der Waals surface area contributed by atoms with Gasteiger partial charge in [0.05, 0.1) is 14.2 Å². The van der Waals surface area contributed by atoms with Crippen molar-refractivity contribution >= 4 is 29.1 Å². The monoisotopic (exact) mass is 305 g/mol. The highest BCUT2D eigenvalue weighted by atomic mass is 16.5. The number of anilines is 1. The lowest BCUT2D eigenvalue weighted by Crippen LogP contribution is -2.17. The van der Waals surface area contributed by atoms with Crippen LogP contribution in [-0.2, 0) is 23.9 Å². The quantitative estimate of drug-likeness (QED) is 0.398. The number of allylic oxidation sites excluding steroid dienone is 1. The molecule has 0 fully saturated rings. The molecule has 6 heteroatoms. The van der Waals surface area contributed by atoms with Crippen LogP contribution < -0.4 is 5.32 Å². The molecule has 1 aromatic carbocycles. The molecule has 0 aliphatic carbocycles. The Hall–Kier alpha value is -2.63. The smallest absolute Gasteiger partial charge is 0.345 e. The molecule has 0 aliphatic heterocycles. The standard InChI is InChI=1S/C16H19NO5/c1-9-8-12(6-7-13(9)17-11(3)18)10(2)14(15(19)21-4)16(20)22-5/h6-8H,1-5H3,(H,17,18). The molecule has 1 rings (SSSR count). The van der Waals surface area contributed by atoms with Crippen LogP contribution in [0.3, 0.4) is 0 Å². The summed E-state index contributed by atoms with van der Waals surface area (Å²) in [6, 6.07) is 5.19. The predicted octanol–water partition coefficient (Wildman–Crippen LogP) is 2.07. The van der Waals surface area contributed by atoms with E-state index in [2.05, 4.69) is 14.8 Å². The van der Waals surface area contributed by atoms with E-state index in [0.29, 0.717) is 16.8 Å². The number of carbonyl (C=O) groups is 3. The summed E-state index contributed by atoms with van der Waals surface area (Å²) in [6.45, 7) is 4.87. The number of ether oxygens (including phenoxy) is 2. The first kappa shape index (κ1) is 17.4. The van der Waals surface area contributed by atoms with Crippen LogP contribution in [0.25, 0.3) is 5.57 Å². The number of aryl methyl sites for hydroxylation is 1. The second-order valence-electron chi connectivity index (χ2n) is 4.69. The summed E-state index contributed by atoms with van der Waals surface area (Å²) in [4.78, 5) is 34.7. The van der Waals surface area contributed by atoms with E-state index in [-0.39, 0.29) is 11.5 Å². The van der Waals surface area contributed by atoms with E-state index in [0.717, 1.165) is 5.56 Å². The van der Waals surface area contributed by atoms with Crippen molar-refractivity contribution in [3.63, 3.8) is 0 Å². The van der Waals surface area contributed by atoms with Gasteiger partial charge in [-0.1, -0.05) is 6.07 Å². The lowest BCUT2D eigenvalue weighted by molar-refractivity contribution is -0.143. The van der Waals surface area contributed by atoms with Crippen molar-refractivity contribution in [2.24, 2.45) is 0 Å². The minimum atomic E-state index is -0.757. The fraction of sp³-hybridized carbons (Fsp3) is 0.312. The number of hydrogen-bond donors (Lipinski definition) is 1. The lowest BCUT2D eigenvalue weighted by Gasteiger charge is -2.12. The van der Waals surface area contributed by atoms with E-state index in [4.69, 9.17) is 0 Å². The fourth-order valence-corrected chi connectivity index (χ4v) is 1.96. The Balaban J connectivity index is 3.34. The van der Waals surface area contributed by atoms with Crippen LogP contribution in [0.4, 0.5) is 5.69 Å². The summed E-state index contributed by atoms with van der Waals surface area (Å²) in [7, 11) is 2.40. The Labute approximate surface area is 129 Å². The maximum absolute atomic E-state index is 11.8. The highest BCUT2D eigenvalue weighted by Gasteiger charge is 2.23. The van der Waals surface area contributed by atoms with Gasteiger partial charge in [-0.2, -0.15) is 0 Å². The maximum atomic E-state index is 11.8. The molecule has 0 saturated heterocycles. The molecule has 118 valence electrons. The van der Waals surface area contributed by atoms with Crippen LogP contribution in [0.2, 0.25) is 0 Å². The van der Waals surface area contributed by atoms with Gasteiger partial charge in [-0.3, -0.25) is 4.79 Å². The Kier molecular flexibility index (Phi) is 5.86. The normalized spacial score (nSPS) is 9.68. The average molecular weight is 305 g/mol. The second-order valence-corrected chi connectivity index (χ2v) is 4.69. The molecule has 1 N–H and O–H groups in total. The molecule has 0 saturated carbocycles. The molecular formula is C16H19NO5. The second kappa shape index (κ2) is 7.40. The van der Waals surface area contributed by atoms with Crippen LogP contribution in [0.1, 0.15) is 25.0 Å². The zero-order valence-electron chi connectivity index (χ0n) is 13.3. The number of hydrogen-bond acceptors (Lipinski definition) is 5. The number of carbonyl (C=O) groups excluding carboxylic acids is 3. The minimum absolute atomic E-state index is 0.156.